The first-order chi connectivity index (χ1) is 23.3. The molecular formula is C37H28N4O5S2. The van der Waals surface area contributed by atoms with Crippen molar-refractivity contribution in [3.05, 3.63) is 154 Å². The van der Waals surface area contributed by atoms with Gasteiger partial charge in [-0.15, -0.1) is 11.8 Å². The molecule has 1 heterocycles. The second kappa shape index (κ2) is 14.4. The number of nitro benzene ring substituents is 1. The molecule has 48 heavy (non-hydrogen) atoms. The number of nitrogens with one attached hydrogen (secondary N) is 2. The maximum absolute atomic E-state index is 14.0. The van der Waals surface area contributed by atoms with Gasteiger partial charge in [0.05, 0.1) is 21.5 Å². The van der Waals surface area contributed by atoms with Crippen LogP contribution >= 0.6 is 23.5 Å². The molecule has 0 aromatic heterocycles. The Morgan fingerprint density at radius 2 is 1.44 bits per heavy atom. The molecule has 1 aliphatic heterocycles. The van der Waals surface area contributed by atoms with E-state index in [0.29, 0.717) is 16.8 Å². The third-order valence-electron chi connectivity index (χ3n) is 7.35. The van der Waals surface area contributed by atoms with Crippen LogP contribution < -0.4 is 15.5 Å². The molecule has 0 spiro atoms. The molecular weight excluding hydrogens is 645 g/mol. The van der Waals surface area contributed by atoms with E-state index in [1.54, 1.807) is 65.2 Å². The molecule has 9 nitrogen and oxygen atoms in total. The monoisotopic (exact) mass is 672 g/mol. The quantitative estimate of drug-likeness (QED) is 0.0699. The standard InChI is InChI=1S/C37H28N4O5S2/c1-24(37(44)40-31-14-5-7-16-33(31)48-34-17-8-6-15-32(34)40)47-29-13-9-12-27(23-29)38-36(43)30(39-35(42)26-10-3-2-4-11-26)22-25-18-20-28(21-19-25)41(45)46/h2-24H,1H3,(H,38,43)(H,39,42)/b30-22+. The molecule has 5 aromatic rings. The molecule has 1 unspecified atom stereocenters. The van der Waals surface area contributed by atoms with Crippen molar-refractivity contribution in [1.29, 1.82) is 0 Å². The van der Waals surface area contributed by atoms with E-state index in [9.17, 15) is 24.5 Å². The van der Waals surface area contributed by atoms with Crippen molar-refractivity contribution in [3.8, 4) is 0 Å². The summed E-state index contributed by atoms with van der Waals surface area (Å²) in [5.41, 5.74) is 2.82. The molecule has 0 saturated heterocycles. The number of benzene rings is 5. The van der Waals surface area contributed by atoms with Crippen molar-refractivity contribution in [3.63, 3.8) is 0 Å². The minimum atomic E-state index is -0.595. The zero-order valence-electron chi connectivity index (χ0n) is 25.5. The zero-order chi connectivity index (χ0) is 33.6. The number of amides is 3. The molecule has 0 bridgehead atoms. The molecule has 1 aliphatic rings. The van der Waals surface area contributed by atoms with Crippen molar-refractivity contribution in [2.24, 2.45) is 0 Å². The summed E-state index contributed by atoms with van der Waals surface area (Å²) in [4.78, 5) is 55.7. The molecule has 2 N–H and O–H groups in total. The summed E-state index contributed by atoms with van der Waals surface area (Å²) in [5, 5.41) is 16.1. The predicted octanol–water partition coefficient (Wildman–Crippen LogP) is 8.31. The van der Waals surface area contributed by atoms with Crippen LogP contribution in [0.2, 0.25) is 0 Å². The summed E-state index contributed by atoms with van der Waals surface area (Å²) >= 11 is 3.00. The van der Waals surface area contributed by atoms with Crippen LogP contribution in [0, 0.1) is 10.1 Å². The molecule has 5 aromatic carbocycles. The van der Waals surface area contributed by atoms with E-state index in [1.165, 1.54) is 42.1 Å². The van der Waals surface area contributed by atoms with Crippen LogP contribution in [0.5, 0.6) is 0 Å². The Morgan fingerprint density at radius 3 is 2.08 bits per heavy atom. The van der Waals surface area contributed by atoms with Crippen molar-refractivity contribution in [2.75, 3.05) is 10.2 Å². The molecule has 1 atom stereocenters. The van der Waals surface area contributed by atoms with Gasteiger partial charge in [-0.1, -0.05) is 60.3 Å². The van der Waals surface area contributed by atoms with Gasteiger partial charge >= 0.3 is 0 Å². The van der Waals surface area contributed by atoms with Gasteiger partial charge in [-0.25, -0.2) is 0 Å². The Morgan fingerprint density at radius 1 is 0.812 bits per heavy atom. The number of nitrogens with zero attached hydrogens (tertiary/aromatic N) is 2. The summed E-state index contributed by atoms with van der Waals surface area (Å²) < 4.78 is 0. The lowest BCUT2D eigenvalue weighted by atomic mass is 10.1. The van der Waals surface area contributed by atoms with Crippen molar-refractivity contribution in [1.82, 2.24) is 5.32 Å². The van der Waals surface area contributed by atoms with Gasteiger partial charge in [0.15, 0.2) is 0 Å². The maximum atomic E-state index is 14.0. The Kier molecular flexibility index (Phi) is 9.70. The van der Waals surface area contributed by atoms with Crippen LogP contribution in [0.25, 0.3) is 6.08 Å². The lowest BCUT2D eigenvalue weighted by Gasteiger charge is -2.32. The minimum absolute atomic E-state index is 0.0559. The Bertz CT molecular complexity index is 2010. The average Bonchev–Trinajstić information content (AvgIpc) is 3.10. The van der Waals surface area contributed by atoms with Gasteiger partial charge in [0.25, 0.3) is 17.5 Å². The Hall–Kier alpha value is -5.65. The first kappa shape index (κ1) is 32.3. The third kappa shape index (κ3) is 7.33. The first-order valence-corrected chi connectivity index (χ1v) is 16.6. The highest BCUT2D eigenvalue weighted by atomic mass is 32.2. The van der Waals surface area contributed by atoms with Gasteiger partial charge in [-0.2, -0.15) is 0 Å². The SMILES string of the molecule is CC(Sc1cccc(NC(=O)/C(=C\c2ccc([N+](=O)[O-])cc2)NC(=O)c2ccccc2)c1)C(=O)N1c2ccccc2Sc2ccccc21. The van der Waals surface area contributed by atoms with Crippen LogP contribution in [-0.2, 0) is 9.59 Å². The maximum Gasteiger partial charge on any atom is 0.272 e. The van der Waals surface area contributed by atoms with Crippen molar-refractivity contribution >= 4 is 70.1 Å². The molecule has 6 rings (SSSR count). The van der Waals surface area contributed by atoms with Crippen LogP contribution in [-0.4, -0.2) is 27.9 Å². The number of carbonyl (C=O) groups is 3. The van der Waals surface area contributed by atoms with Crippen LogP contribution in [0.1, 0.15) is 22.8 Å². The lowest BCUT2D eigenvalue weighted by Crippen LogP contribution is -2.34. The molecule has 238 valence electrons. The molecule has 0 aliphatic carbocycles. The number of non-ortho nitro benzene ring substituents is 1. The Balaban J connectivity index is 1.21. The number of hydrogen-bond acceptors (Lipinski definition) is 7. The van der Waals surface area contributed by atoms with Gasteiger partial charge in [-0.05, 0) is 85.3 Å². The molecule has 0 saturated carbocycles. The molecule has 11 heteroatoms. The largest absolute Gasteiger partial charge is 0.321 e. The smallest absolute Gasteiger partial charge is 0.272 e. The normalized spacial score (nSPS) is 12.7. The fourth-order valence-electron chi connectivity index (χ4n) is 5.03. The van der Waals surface area contributed by atoms with Crippen molar-refractivity contribution < 1.29 is 19.3 Å². The van der Waals surface area contributed by atoms with E-state index in [2.05, 4.69) is 10.6 Å². The highest BCUT2D eigenvalue weighted by Gasteiger charge is 2.31. The number of hydrogen-bond donors (Lipinski definition) is 2. The average molecular weight is 673 g/mol. The number of thioether (sulfide) groups is 1. The lowest BCUT2D eigenvalue weighted by molar-refractivity contribution is -0.384. The molecule has 0 radical (unpaired) electrons. The van der Waals surface area contributed by atoms with Gasteiger partial charge in [0.2, 0.25) is 5.91 Å². The van der Waals surface area contributed by atoms with Gasteiger partial charge in [0.1, 0.15) is 5.70 Å². The fourth-order valence-corrected chi connectivity index (χ4v) is 7.05. The fraction of sp³-hybridized carbons (Fsp3) is 0.0541. The zero-order valence-corrected chi connectivity index (χ0v) is 27.2. The van der Waals surface area contributed by atoms with Crippen molar-refractivity contribution in [2.45, 2.75) is 26.9 Å². The van der Waals surface area contributed by atoms with Gasteiger partial charge in [0, 0.05) is 38.1 Å². The summed E-state index contributed by atoms with van der Waals surface area (Å²) in [5.74, 6) is -1.16. The van der Waals surface area contributed by atoms with E-state index < -0.39 is 22.0 Å². The number of anilines is 3. The predicted molar refractivity (Wildman–Crippen MR) is 190 cm³/mol. The van der Waals surface area contributed by atoms with Crippen LogP contribution in [0.15, 0.2) is 148 Å². The summed E-state index contributed by atoms with van der Waals surface area (Å²) in [6.45, 7) is 1.86. The van der Waals surface area contributed by atoms with E-state index in [-0.39, 0.29) is 17.3 Å². The highest BCUT2D eigenvalue weighted by Crippen LogP contribution is 2.48. The second-order valence-corrected chi connectivity index (χ2v) is 13.2. The number of fused-ring (bicyclic) bond motifs is 2. The van der Waals surface area contributed by atoms with Crippen LogP contribution in [0.3, 0.4) is 0 Å². The van der Waals surface area contributed by atoms with E-state index >= 15 is 0 Å². The van der Waals surface area contributed by atoms with Gasteiger partial charge in [-0.3, -0.25) is 29.4 Å². The van der Waals surface area contributed by atoms with Crippen LogP contribution in [0.4, 0.5) is 22.7 Å². The minimum Gasteiger partial charge on any atom is -0.321 e. The molecule has 0 fully saturated rings. The summed E-state index contributed by atoms with van der Waals surface area (Å²) in [7, 11) is 0. The second-order valence-electron chi connectivity index (χ2n) is 10.7. The van der Waals surface area contributed by atoms with E-state index in [4.69, 9.17) is 0 Å². The van der Waals surface area contributed by atoms with E-state index in [0.717, 1.165) is 26.1 Å². The number of rotatable bonds is 9. The summed E-state index contributed by atoms with van der Waals surface area (Å²) in [6.07, 6.45) is 1.45. The number of nitro groups is 1. The Labute approximate surface area is 285 Å². The topological polar surface area (TPSA) is 122 Å². The van der Waals surface area contributed by atoms with Gasteiger partial charge < -0.3 is 10.6 Å². The van der Waals surface area contributed by atoms with E-state index in [1.807, 2.05) is 61.5 Å². The third-order valence-corrected chi connectivity index (χ3v) is 9.56. The number of para-hydroxylation sites is 2. The highest BCUT2D eigenvalue weighted by molar-refractivity contribution is 8.00. The molecule has 3 amide bonds. The first-order valence-electron chi connectivity index (χ1n) is 14.9. The number of carbonyl (C=O) groups excluding carboxylic acids is 3. The summed E-state index contributed by atoms with van der Waals surface area (Å²) in [6, 6.07) is 36.9.